The predicted octanol–water partition coefficient (Wildman–Crippen LogP) is 4.34. The summed E-state index contributed by atoms with van der Waals surface area (Å²) in [6.07, 6.45) is 0.392. The molecular weight excluding hydrogens is 366 g/mol. The maximum atomic E-state index is 12.5. The summed E-state index contributed by atoms with van der Waals surface area (Å²) in [4.78, 5) is 24.6. The lowest BCUT2D eigenvalue weighted by molar-refractivity contribution is -0.144. The van der Waals surface area contributed by atoms with Gasteiger partial charge in [-0.15, -0.1) is 0 Å². The summed E-state index contributed by atoms with van der Waals surface area (Å²) in [5.74, 6) is -0.411. The van der Waals surface area contributed by atoms with E-state index in [0.29, 0.717) is 23.1 Å². The summed E-state index contributed by atoms with van der Waals surface area (Å²) in [6, 6.07) is 14.3. The highest BCUT2D eigenvalue weighted by molar-refractivity contribution is 6.34. The molecule has 0 saturated heterocycles. The highest BCUT2D eigenvalue weighted by Crippen LogP contribution is 2.30. The van der Waals surface area contributed by atoms with Crippen LogP contribution >= 0.6 is 11.6 Å². The van der Waals surface area contributed by atoms with Gasteiger partial charge in [-0.1, -0.05) is 53.6 Å². The largest absolute Gasteiger partial charge is 0.464 e. The van der Waals surface area contributed by atoms with Crippen LogP contribution in [0.2, 0.25) is 5.02 Å². The molecule has 1 unspecified atom stereocenters. The van der Waals surface area contributed by atoms with E-state index in [-0.39, 0.29) is 11.6 Å². The molecule has 1 atom stereocenters. The molecule has 0 fully saturated rings. The second-order valence-electron chi connectivity index (χ2n) is 6.22. The Morgan fingerprint density at radius 1 is 1.22 bits per heavy atom. The number of fused-ring (bicyclic) bond motifs is 1. The van der Waals surface area contributed by atoms with Gasteiger partial charge in [0.05, 0.1) is 12.3 Å². The van der Waals surface area contributed by atoms with Crippen molar-refractivity contribution in [3.05, 3.63) is 75.1 Å². The molecule has 1 N–H and O–H groups in total. The summed E-state index contributed by atoms with van der Waals surface area (Å²) in [7, 11) is 0. The number of benzene rings is 2. The minimum absolute atomic E-state index is 0.0875. The average molecular weight is 386 g/mol. The first kappa shape index (κ1) is 19.0. The SMILES string of the molecule is CCOC(=O)C(Cc1ccccc1)Nc1c(Cl)c(=O)oc2ccc(C)cc12. The Balaban J connectivity index is 2.04. The average Bonchev–Trinajstić information content (AvgIpc) is 2.66. The van der Waals surface area contributed by atoms with E-state index >= 15 is 0 Å². The van der Waals surface area contributed by atoms with Crippen molar-refractivity contribution in [2.45, 2.75) is 26.3 Å². The van der Waals surface area contributed by atoms with E-state index in [1.165, 1.54) is 0 Å². The minimum atomic E-state index is -0.699. The highest BCUT2D eigenvalue weighted by Gasteiger charge is 2.24. The van der Waals surface area contributed by atoms with Gasteiger partial charge in [-0.25, -0.2) is 9.59 Å². The van der Waals surface area contributed by atoms with Crippen LogP contribution in [-0.4, -0.2) is 18.6 Å². The molecule has 3 rings (SSSR count). The molecule has 5 nitrogen and oxygen atoms in total. The van der Waals surface area contributed by atoms with Crippen LogP contribution in [0.3, 0.4) is 0 Å². The zero-order valence-electron chi connectivity index (χ0n) is 15.1. The first-order valence-electron chi connectivity index (χ1n) is 8.69. The van der Waals surface area contributed by atoms with Crippen molar-refractivity contribution in [3.8, 4) is 0 Å². The second-order valence-corrected chi connectivity index (χ2v) is 6.59. The van der Waals surface area contributed by atoms with Crippen molar-refractivity contribution in [1.29, 1.82) is 0 Å². The molecule has 0 aliphatic heterocycles. The number of carbonyl (C=O) groups is 1. The van der Waals surface area contributed by atoms with Crippen LogP contribution in [0.1, 0.15) is 18.1 Å². The van der Waals surface area contributed by atoms with Crippen LogP contribution in [0.15, 0.2) is 57.7 Å². The van der Waals surface area contributed by atoms with Crippen LogP contribution in [0.5, 0.6) is 0 Å². The third kappa shape index (κ3) is 4.31. The maximum absolute atomic E-state index is 12.5. The van der Waals surface area contributed by atoms with Crippen molar-refractivity contribution in [2.24, 2.45) is 0 Å². The number of ether oxygens (including phenoxy) is 1. The van der Waals surface area contributed by atoms with Gasteiger partial charge in [0, 0.05) is 11.8 Å². The molecule has 6 heteroatoms. The molecule has 3 aromatic rings. The van der Waals surface area contributed by atoms with E-state index in [1.54, 1.807) is 13.0 Å². The number of anilines is 1. The van der Waals surface area contributed by atoms with E-state index < -0.39 is 17.6 Å². The van der Waals surface area contributed by atoms with Gasteiger partial charge in [0.1, 0.15) is 16.6 Å². The summed E-state index contributed by atoms with van der Waals surface area (Å²) in [6.45, 7) is 3.94. The van der Waals surface area contributed by atoms with Gasteiger partial charge in [-0.3, -0.25) is 0 Å². The number of carbonyl (C=O) groups excluding carboxylic acids is 1. The lowest BCUT2D eigenvalue weighted by atomic mass is 10.0. The van der Waals surface area contributed by atoms with E-state index in [4.69, 9.17) is 20.8 Å². The third-order valence-electron chi connectivity index (χ3n) is 4.18. The van der Waals surface area contributed by atoms with E-state index in [2.05, 4.69) is 5.32 Å². The van der Waals surface area contributed by atoms with Gasteiger partial charge >= 0.3 is 11.6 Å². The fourth-order valence-corrected chi connectivity index (χ4v) is 3.09. The monoisotopic (exact) mass is 385 g/mol. The van der Waals surface area contributed by atoms with E-state index in [0.717, 1.165) is 11.1 Å². The molecule has 140 valence electrons. The molecule has 1 aromatic heterocycles. The maximum Gasteiger partial charge on any atom is 0.357 e. The predicted molar refractivity (Wildman–Crippen MR) is 106 cm³/mol. The number of esters is 1. The molecular formula is C21H20ClNO4. The number of hydrogen-bond donors (Lipinski definition) is 1. The van der Waals surface area contributed by atoms with Crippen molar-refractivity contribution in [1.82, 2.24) is 0 Å². The fourth-order valence-electron chi connectivity index (χ4n) is 2.89. The Hall–Kier alpha value is -2.79. The number of aryl methyl sites for hydroxylation is 1. The topological polar surface area (TPSA) is 68.5 Å². The standard InChI is InChI=1S/C21H20ClNO4/c1-3-26-20(24)16(12-14-7-5-4-6-8-14)23-19-15-11-13(2)9-10-17(15)27-21(25)18(19)22/h4-11,16,23H,3,12H2,1-2H3. The Labute approximate surface area is 161 Å². The Bertz CT molecular complexity index is 1010. The molecule has 0 aliphatic rings. The number of halogens is 1. The molecule has 0 amide bonds. The smallest absolute Gasteiger partial charge is 0.357 e. The Morgan fingerprint density at radius 2 is 1.96 bits per heavy atom. The van der Waals surface area contributed by atoms with Gasteiger partial charge in [0.25, 0.3) is 0 Å². The highest BCUT2D eigenvalue weighted by atomic mass is 35.5. The molecule has 2 aromatic carbocycles. The zero-order chi connectivity index (χ0) is 19.4. The van der Waals surface area contributed by atoms with E-state index in [9.17, 15) is 9.59 Å². The van der Waals surface area contributed by atoms with Crippen LogP contribution in [0.25, 0.3) is 11.0 Å². The van der Waals surface area contributed by atoms with Crippen LogP contribution in [0, 0.1) is 6.92 Å². The number of rotatable bonds is 6. The summed E-state index contributed by atoms with van der Waals surface area (Å²) in [5.41, 5.74) is 2.06. The van der Waals surface area contributed by atoms with Gasteiger partial charge in [-0.2, -0.15) is 0 Å². The minimum Gasteiger partial charge on any atom is -0.464 e. The van der Waals surface area contributed by atoms with Crippen molar-refractivity contribution < 1.29 is 13.9 Å². The molecule has 0 bridgehead atoms. The molecule has 27 heavy (non-hydrogen) atoms. The lowest BCUT2D eigenvalue weighted by Gasteiger charge is -2.20. The Kier molecular flexibility index (Phi) is 5.81. The van der Waals surface area contributed by atoms with Crippen molar-refractivity contribution in [3.63, 3.8) is 0 Å². The van der Waals surface area contributed by atoms with Crippen molar-refractivity contribution >= 4 is 34.2 Å². The summed E-state index contributed by atoms with van der Waals surface area (Å²) >= 11 is 6.23. The second kappa shape index (κ2) is 8.27. The third-order valence-corrected chi connectivity index (χ3v) is 4.52. The van der Waals surface area contributed by atoms with Crippen LogP contribution in [-0.2, 0) is 16.0 Å². The van der Waals surface area contributed by atoms with Crippen molar-refractivity contribution in [2.75, 3.05) is 11.9 Å². The van der Waals surface area contributed by atoms with Gasteiger partial charge in [0.2, 0.25) is 0 Å². The van der Waals surface area contributed by atoms with Gasteiger partial charge in [0.15, 0.2) is 0 Å². The molecule has 0 spiro atoms. The Morgan fingerprint density at radius 3 is 2.67 bits per heavy atom. The quantitative estimate of drug-likeness (QED) is 0.505. The fraction of sp³-hybridized carbons (Fsp3) is 0.238. The van der Waals surface area contributed by atoms with Gasteiger partial charge in [-0.05, 0) is 31.5 Å². The first-order chi connectivity index (χ1) is 13.0. The zero-order valence-corrected chi connectivity index (χ0v) is 15.9. The van der Waals surface area contributed by atoms with E-state index in [1.807, 2.05) is 49.4 Å². The normalized spacial score (nSPS) is 12.0. The van der Waals surface area contributed by atoms with Crippen LogP contribution in [0.4, 0.5) is 5.69 Å². The molecule has 0 radical (unpaired) electrons. The molecule has 0 saturated carbocycles. The number of nitrogens with one attached hydrogen (secondary N) is 1. The van der Waals surface area contributed by atoms with Crippen LogP contribution < -0.4 is 10.9 Å². The summed E-state index contributed by atoms with van der Waals surface area (Å²) in [5, 5.41) is 3.68. The lowest BCUT2D eigenvalue weighted by Crippen LogP contribution is -2.34. The molecule has 1 heterocycles. The summed E-state index contributed by atoms with van der Waals surface area (Å²) < 4.78 is 10.5. The number of hydrogen-bond acceptors (Lipinski definition) is 5. The van der Waals surface area contributed by atoms with Gasteiger partial charge < -0.3 is 14.5 Å². The molecule has 0 aliphatic carbocycles. The first-order valence-corrected chi connectivity index (χ1v) is 9.07.